The molecule has 0 spiro atoms. The normalized spacial score (nSPS) is 14.9. The van der Waals surface area contributed by atoms with Gasteiger partial charge in [-0.2, -0.15) is 4.31 Å². The number of nitrogens with one attached hydrogen (secondary N) is 1. The third-order valence-corrected chi connectivity index (χ3v) is 6.40. The van der Waals surface area contributed by atoms with Gasteiger partial charge in [-0.25, -0.2) is 17.6 Å². The minimum absolute atomic E-state index is 0.00470. The molecule has 1 aliphatic rings. The van der Waals surface area contributed by atoms with Gasteiger partial charge < -0.3 is 10.1 Å². The van der Waals surface area contributed by atoms with E-state index < -0.39 is 34.3 Å². The van der Waals surface area contributed by atoms with Gasteiger partial charge in [0.15, 0.2) is 6.61 Å². The molecule has 0 aromatic heterocycles. The molecule has 0 bridgehead atoms. The first-order valence-corrected chi connectivity index (χ1v) is 10.6. The SMILES string of the molecule is O=C(COC(=O)c1cccc(F)c1)Nc1ccc(S(=O)(=O)N2CCCCC2)cc1. The third-order valence-electron chi connectivity index (χ3n) is 4.49. The zero-order valence-electron chi connectivity index (χ0n) is 15.6. The zero-order chi connectivity index (χ0) is 20.9. The van der Waals surface area contributed by atoms with E-state index >= 15 is 0 Å². The van der Waals surface area contributed by atoms with Crippen LogP contribution in [-0.4, -0.2) is 44.3 Å². The molecule has 0 radical (unpaired) electrons. The number of hydrogen-bond donors (Lipinski definition) is 1. The van der Waals surface area contributed by atoms with E-state index in [1.165, 1.54) is 46.8 Å². The minimum atomic E-state index is -3.54. The van der Waals surface area contributed by atoms with Crippen LogP contribution in [0.2, 0.25) is 0 Å². The van der Waals surface area contributed by atoms with E-state index in [2.05, 4.69) is 5.32 Å². The van der Waals surface area contributed by atoms with Gasteiger partial charge in [-0.05, 0) is 55.3 Å². The lowest BCUT2D eigenvalue weighted by molar-refractivity contribution is -0.119. The highest BCUT2D eigenvalue weighted by molar-refractivity contribution is 7.89. The minimum Gasteiger partial charge on any atom is -0.452 e. The summed E-state index contributed by atoms with van der Waals surface area (Å²) in [5.74, 6) is -1.99. The van der Waals surface area contributed by atoms with Crippen LogP contribution in [0.4, 0.5) is 10.1 Å². The Labute approximate surface area is 168 Å². The third kappa shape index (κ3) is 5.39. The van der Waals surface area contributed by atoms with Crippen LogP contribution >= 0.6 is 0 Å². The number of sulfonamides is 1. The van der Waals surface area contributed by atoms with E-state index in [1.807, 2.05) is 0 Å². The highest BCUT2D eigenvalue weighted by atomic mass is 32.2. The number of hydrogen-bond acceptors (Lipinski definition) is 5. The number of amides is 1. The lowest BCUT2D eigenvalue weighted by atomic mass is 10.2. The van der Waals surface area contributed by atoms with Crippen molar-refractivity contribution in [1.82, 2.24) is 4.31 Å². The second-order valence-corrected chi connectivity index (χ2v) is 8.56. The molecule has 1 N–H and O–H groups in total. The van der Waals surface area contributed by atoms with Gasteiger partial charge in [0, 0.05) is 18.8 Å². The van der Waals surface area contributed by atoms with Gasteiger partial charge >= 0.3 is 5.97 Å². The highest BCUT2D eigenvalue weighted by Crippen LogP contribution is 2.22. The number of carbonyl (C=O) groups is 2. The molecular weight excluding hydrogens is 399 g/mol. The molecule has 0 unspecified atom stereocenters. The van der Waals surface area contributed by atoms with Gasteiger partial charge in [-0.3, -0.25) is 4.79 Å². The Morgan fingerprint density at radius 2 is 1.72 bits per heavy atom. The van der Waals surface area contributed by atoms with Gasteiger partial charge in [-0.1, -0.05) is 12.5 Å². The summed E-state index contributed by atoms with van der Waals surface area (Å²) in [6, 6.07) is 10.8. The Balaban J connectivity index is 1.55. The zero-order valence-corrected chi connectivity index (χ0v) is 16.5. The number of anilines is 1. The van der Waals surface area contributed by atoms with Gasteiger partial charge in [-0.15, -0.1) is 0 Å². The Morgan fingerprint density at radius 1 is 1.03 bits per heavy atom. The van der Waals surface area contributed by atoms with Gasteiger partial charge in [0.25, 0.3) is 5.91 Å². The number of halogens is 1. The maximum atomic E-state index is 13.1. The molecule has 7 nitrogen and oxygen atoms in total. The highest BCUT2D eigenvalue weighted by Gasteiger charge is 2.25. The molecule has 1 heterocycles. The molecule has 2 aromatic rings. The summed E-state index contributed by atoms with van der Waals surface area (Å²) in [5.41, 5.74) is 0.375. The first-order valence-electron chi connectivity index (χ1n) is 9.19. The Bertz CT molecular complexity index is 986. The molecule has 1 saturated heterocycles. The van der Waals surface area contributed by atoms with Crippen molar-refractivity contribution in [1.29, 1.82) is 0 Å². The van der Waals surface area contributed by atoms with Crippen LogP contribution in [0.3, 0.4) is 0 Å². The standard InChI is InChI=1S/C20H21FN2O5S/c21-16-6-4-5-15(13-16)20(25)28-14-19(24)22-17-7-9-18(10-8-17)29(26,27)23-11-2-1-3-12-23/h4-10,13H,1-3,11-12,14H2,(H,22,24). The summed E-state index contributed by atoms with van der Waals surface area (Å²) in [6.45, 7) is 0.470. The summed E-state index contributed by atoms with van der Waals surface area (Å²) in [7, 11) is -3.54. The fourth-order valence-corrected chi connectivity index (χ4v) is 4.51. The number of nitrogens with zero attached hydrogens (tertiary/aromatic N) is 1. The van der Waals surface area contributed by atoms with Gasteiger partial charge in [0.2, 0.25) is 10.0 Å². The molecule has 2 aromatic carbocycles. The van der Waals surface area contributed by atoms with E-state index in [9.17, 15) is 22.4 Å². The molecular formula is C20H21FN2O5S. The van der Waals surface area contributed by atoms with E-state index in [-0.39, 0.29) is 10.5 Å². The van der Waals surface area contributed by atoms with Crippen LogP contribution in [0.5, 0.6) is 0 Å². The molecule has 1 amide bonds. The number of esters is 1. The molecule has 0 saturated carbocycles. The number of benzene rings is 2. The lowest BCUT2D eigenvalue weighted by Crippen LogP contribution is -2.35. The molecule has 9 heteroatoms. The molecule has 1 aliphatic heterocycles. The van der Waals surface area contributed by atoms with E-state index in [4.69, 9.17) is 4.74 Å². The van der Waals surface area contributed by atoms with E-state index in [0.717, 1.165) is 25.3 Å². The van der Waals surface area contributed by atoms with Gasteiger partial charge in [0.1, 0.15) is 5.82 Å². The van der Waals surface area contributed by atoms with Crippen LogP contribution in [0, 0.1) is 5.82 Å². The Kier molecular flexibility index (Phi) is 6.60. The quantitative estimate of drug-likeness (QED) is 0.726. The fraction of sp³-hybridized carbons (Fsp3) is 0.300. The predicted molar refractivity (Wildman–Crippen MR) is 104 cm³/mol. The van der Waals surface area contributed by atoms with E-state index in [0.29, 0.717) is 18.8 Å². The molecule has 29 heavy (non-hydrogen) atoms. The second kappa shape index (κ2) is 9.15. The maximum Gasteiger partial charge on any atom is 0.338 e. The summed E-state index contributed by atoms with van der Waals surface area (Å²) >= 11 is 0. The number of ether oxygens (including phenoxy) is 1. The van der Waals surface area contributed by atoms with Gasteiger partial charge in [0.05, 0.1) is 10.5 Å². The number of carbonyl (C=O) groups excluding carboxylic acids is 2. The maximum absolute atomic E-state index is 13.1. The molecule has 154 valence electrons. The summed E-state index contributed by atoms with van der Waals surface area (Å²) < 4.78 is 44.7. The number of piperidine rings is 1. The summed E-state index contributed by atoms with van der Waals surface area (Å²) in [5, 5.41) is 2.52. The molecule has 1 fully saturated rings. The van der Waals surface area contributed by atoms with Crippen LogP contribution in [0.1, 0.15) is 29.6 Å². The van der Waals surface area contributed by atoms with Crippen LogP contribution < -0.4 is 5.32 Å². The summed E-state index contributed by atoms with van der Waals surface area (Å²) in [4.78, 5) is 23.9. The molecule has 3 rings (SSSR count). The Morgan fingerprint density at radius 3 is 2.38 bits per heavy atom. The average molecular weight is 420 g/mol. The molecule has 0 atom stereocenters. The van der Waals surface area contributed by atoms with Crippen molar-refractivity contribution >= 4 is 27.6 Å². The predicted octanol–water partition coefficient (Wildman–Crippen LogP) is 2.80. The first kappa shape index (κ1) is 20.9. The summed E-state index contributed by atoms with van der Waals surface area (Å²) in [6.07, 6.45) is 2.73. The first-order chi connectivity index (χ1) is 13.9. The van der Waals surface area contributed by atoms with Crippen molar-refractivity contribution in [2.24, 2.45) is 0 Å². The lowest BCUT2D eigenvalue weighted by Gasteiger charge is -2.25. The van der Waals surface area contributed by atoms with Crippen molar-refractivity contribution < 1.29 is 27.1 Å². The largest absolute Gasteiger partial charge is 0.452 e. The van der Waals surface area contributed by atoms with Crippen molar-refractivity contribution in [3.63, 3.8) is 0 Å². The van der Waals surface area contributed by atoms with Crippen LogP contribution in [0.25, 0.3) is 0 Å². The Hall–Kier alpha value is -2.78. The van der Waals surface area contributed by atoms with Crippen molar-refractivity contribution in [2.75, 3.05) is 25.0 Å². The van der Waals surface area contributed by atoms with Crippen molar-refractivity contribution in [3.05, 3.63) is 59.9 Å². The molecule has 0 aliphatic carbocycles. The fourth-order valence-electron chi connectivity index (χ4n) is 2.99. The second-order valence-electron chi connectivity index (χ2n) is 6.62. The van der Waals surface area contributed by atoms with Crippen LogP contribution in [0.15, 0.2) is 53.4 Å². The van der Waals surface area contributed by atoms with Crippen LogP contribution in [-0.2, 0) is 19.6 Å². The average Bonchev–Trinajstić information content (AvgIpc) is 2.73. The smallest absolute Gasteiger partial charge is 0.338 e. The van der Waals surface area contributed by atoms with E-state index in [1.54, 1.807) is 0 Å². The number of rotatable bonds is 6. The monoisotopic (exact) mass is 420 g/mol. The van der Waals surface area contributed by atoms with Crippen molar-refractivity contribution in [3.8, 4) is 0 Å². The van der Waals surface area contributed by atoms with Crippen molar-refractivity contribution in [2.45, 2.75) is 24.2 Å². The topological polar surface area (TPSA) is 92.8 Å².